The molecular weight excluding hydrogens is 514 g/mol. The van der Waals surface area contributed by atoms with Gasteiger partial charge in [0.05, 0.1) is 12.1 Å². The van der Waals surface area contributed by atoms with E-state index in [1.54, 1.807) is 35.8 Å². The number of aromatic nitrogens is 3. The summed E-state index contributed by atoms with van der Waals surface area (Å²) < 4.78 is 13.4. The number of thioether (sulfide) groups is 1. The van der Waals surface area contributed by atoms with Gasteiger partial charge >= 0.3 is 17.6 Å². The van der Waals surface area contributed by atoms with E-state index in [4.69, 9.17) is 9.47 Å². The van der Waals surface area contributed by atoms with Crippen molar-refractivity contribution in [1.29, 1.82) is 0 Å². The highest BCUT2D eigenvalue weighted by molar-refractivity contribution is 8.01. The fraction of sp³-hybridized carbons (Fsp3) is 0.467. The Hall–Kier alpha value is -3.33. The van der Waals surface area contributed by atoms with Crippen LogP contribution in [0.1, 0.15) is 88.3 Å². The number of hydrogen-bond donors (Lipinski definition) is 0. The van der Waals surface area contributed by atoms with Crippen LogP contribution in [0.5, 0.6) is 0 Å². The molecule has 210 valence electrons. The van der Waals surface area contributed by atoms with Gasteiger partial charge in [0.15, 0.2) is 11.9 Å². The Morgan fingerprint density at radius 3 is 2.18 bits per heavy atom. The summed E-state index contributed by atoms with van der Waals surface area (Å²) in [6.45, 7) is 15.6. The lowest BCUT2D eigenvalue weighted by Gasteiger charge is -2.28. The van der Waals surface area contributed by atoms with Gasteiger partial charge in [0.25, 0.3) is 0 Å². The molecule has 0 bridgehead atoms. The van der Waals surface area contributed by atoms with E-state index in [0.717, 1.165) is 22.4 Å². The zero-order chi connectivity index (χ0) is 29.0. The number of rotatable bonds is 10. The van der Waals surface area contributed by atoms with E-state index in [1.807, 2.05) is 72.7 Å². The third kappa shape index (κ3) is 8.08. The summed E-state index contributed by atoms with van der Waals surface area (Å²) in [4.78, 5) is 39.4. The Labute approximate surface area is 234 Å². The third-order valence-corrected chi connectivity index (χ3v) is 7.04. The summed E-state index contributed by atoms with van der Waals surface area (Å²) in [7, 11) is 0. The number of hydrogen-bond acceptors (Lipinski definition) is 7. The van der Waals surface area contributed by atoms with Gasteiger partial charge in [-0.3, -0.25) is 9.36 Å². The normalized spacial score (nSPS) is 12.7. The molecule has 0 aliphatic rings. The lowest BCUT2D eigenvalue weighted by molar-refractivity contribution is -0.156. The topological polar surface area (TPSA) is 92.4 Å². The van der Waals surface area contributed by atoms with E-state index in [-0.39, 0.29) is 11.7 Å². The van der Waals surface area contributed by atoms with Gasteiger partial charge in [-0.2, -0.15) is 5.10 Å². The van der Waals surface area contributed by atoms with Crippen molar-refractivity contribution in [3.63, 3.8) is 0 Å². The number of carbonyl (C=O) groups excluding carboxylic acids is 2. The first-order chi connectivity index (χ1) is 18.2. The molecule has 1 unspecified atom stereocenters. The summed E-state index contributed by atoms with van der Waals surface area (Å²) in [6.07, 6.45) is 0.0129. The van der Waals surface area contributed by atoms with Crippen LogP contribution in [0.4, 0.5) is 0 Å². The molecule has 3 rings (SSSR count). The molecule has 0 amide bonds. The number of ether oxygens (including phenoxy) is 2. The molecule has 2 aromatic carbocycles. The largest absolute Gasteiger partial charge is 0.459 e. The van der Waals surface area contributed by atoms with E-state index in [0.29, 0.717) is 24.5 Å². The van der Waals surface area contributed by atoms with Crippen molar-refractivity contribution in [1.82, 2.24) is 14.3 Å². The fourth-order valence-corrected chi connectivity index (χ4v) is 4.83. The molecule has 3 aromatic rings. The number of nitrogens with zero attached hydrogens (tertiary/aromatic N) is 3. The second-order valence-corrected chi connectivity index (χ2v) is 12.8. The van der Waals surface area contributed by atoms with Gasteiger partial charge in [-0.25, -0.2) is 14.3 Å². The molecule has 0 fully saturated rings. The molecule has 1 aromatic heterocycles. The highest BCUT2D eigenvalue weighted by atomic mass is 32.2. The van der Waals surface area contributed by atoms with E-state index in [9.17, 15) is 14.4 Å². The standard InChI is InChI=1S/C30H39N3O5S/c1-9-18-32-25(31-33(28(32)36)19-22-12-10-20(2)11-13-22)21(3)37-26(34)23-14-16-24(17-15-23)39-30(7,8)27(35)38-29(4,5)6/h10-17,21H,9,18-19H2,1-8H3. The van der Waals surface area contributed by atoms with Crippen molar-refractivity contribution in [2.75, 3.05) is 0 Å². The zero-order valence-corrected chi connectivity index (χ0v) is 24.9. The van der Waals surface area contributed by atoms with Crippen LogP contribution in [0.25, 0.3) is 0 Å². The molecule has 1 heterocycles. The maximum Gasteiger partial charge on any atom is 0.346 e. The molecule has 8 nitrogen and oxygen atoms in total. The van der Waals surface area contributed by atoms with Crippen LogP contribution >= 0.6 is 11.8 Å². The van der Waals surface area contributed by atoms with E-state index < -0.39 is 22.4 Å². The summed E-state index contributed by atoms with van der Waals surface area (Å²) in [5, 5.41) is 4.53. The molecule has 0 N–H and O–H groups in total. The van der Waals surface area contributed by atoms with Crippen molar-refractivity contribution in [3.8, 4) is 0 Å². The van der Waals surface area contributed by atoms with Crippen molar-refractivity contribution in [2.24, 2.45) is 0 Å². The second kappa shape index (κ2) is 12.2. The Morgan fingerprint density at radius 1 is 1.00 bits per heavy atom. The van der Waals surface area contributed by atoms with E-state index in [2.05, 4.69) is 5.10 Å². The molecule has 0 radical (unpaired) electrons. The van der Waals surface area contributed by atoms with Gasteiger partial charge in [0.2, 0.25) is 0 Å². The molecule has 9 heteroatoms. The zero-order valence-electron chi connectivity index (χ0n) is 24.1. The van der Waals surface area contributed by atoms with Gasteiger partial charge < -0.3 is 9.47 Å². The maximum atomic E-state index is 13.1. The number of carbonyl (C=O) groups is 2. The van der Waals surface area contributed by atoms with Crippen LogP contribution in [0, 0.1) is 6.92 Å². The van der Waals surface area contributed by atoms with E-state index in [1.165, 1.54) is 16.4 Å². The van der Waals surface area contributed by atoms with Crippen LogP contribution in [-0.2, 0) is 27.4 Å². The Morgan fingerprint density at radius 2 is 1.62 bits per heavy atom. The highest BCUT2D eigenvalue weighted by Gasteiger charge is 2.34. The third-order valence-electron chi connectivity index (χ3n) is 5.85. The number of esters is 2. The Balaban J connectivity index is 1.72. The Kier molecular flexibility index (Phi) is 9.48. The van der Waals surface area contributed by atoms with Crippen LogP contribution in [0.2, 0.25) is 0 Å². The predicted octanol–water partition coefficient (Wildman–Crippen LogP) is 5.94. The molecule has 1 atom stereocenters. The van der Waals surface area contributed by atoms with Crippen LogP contribution in [0.3, 0.4) is 0 Å². The summed E-state index contributed by atoms with van der Waals surface area (Å²) in [6, 6.07) is 14.8. The van der Waals surface area contributed by atoms with Crippen molar-refractivity contribution >= 4 is 23.7 Å². The van der Waals surface area contributed by atoms with Crippen molar-refractivity contribution < 1.29 is 19.1 Å². The quantitative estimate of drug-likeness (QED) is 0.227. The summed E-state index contributed by atoms with van der Waals surface area (Å²) >= 11 is 1.36. The average molecular weight is 554 g/mol. The van der Waals surface area contributed by atoms with Gasteiger partial charge in [-0.1, -0.05) is 36.8 Å². The molecule has 0 saturated heterocycles. The minimum atomic E-state index is -0.801. The number of benzene rings is 2. The number of aryl methyl sites for hydroxylation is 1. The molecule has 39 heavy (non-hydrogen) atoms. The van der Waals surface area contributed by atoms with Crippen LogP contribution < -0.4 is 5.69 Å². The first-order valence-electron chi connectivity index (χ1n) is 13.2. The van der Waals surface area contributed by atoms with Crippen LogP contribution in [-0.4, -0.2) is 36.6 Å². The first-order valence-corrected chi connectivity index (χ1v) is 14.0. The van der Waals surface area contributed by atoms with Crippen molar-refractivity contribution in [3.05, 3.63) is 81.5 Å². The summed E-state index contributed by atoms with van der Waals surface area (Å²) in [5.41, 5.74) is 1.67. The lowest BCUT2D eigenvalue weighted by atomic mass is 10.1. The molecular formula is C30H39N3O5S. The summed E-state index contributed by atoms with van der Waals surface area (Å²) in [5.74, 6) is -0.417. The second-order valence-electron chi connectivity index (χ2n) is 11.1. The Bertz CT molecular complexity index is 1350. The molecule has 0 saturated carbocycles. The average Bonchev–Trinajstić information content (AvgIpc) is 3.15. The molecule has 0 aliphatic carbocycles. The van der Waals surface area contributed by atoms with Crippen LogP contribution in [0.15, 0.2) is 58.2 Å². The minimum Gasteiger partial charge on any atom is -0.459 e. The van der Waals surface area contributed by atoms with Crippen molar-refractivity contribution in [2.45, 2.75) is 96.2 Å². The van der Waals surface area contributed by atoms with Gasteiger partial charge in [0.1, 0.15) is 10.3 Å². The van der Waals surface area contributed by atoms with Gasteiger partial charge in [-0.05, 0) is 84.7 Å². The SMILES string of the molecule is CCCn1c(C(C)OC(=O)c2ccc(SC(C)(C)C(=O)OC(C)(C)C)cc2)nn(Cc2ccc(C)cc2)c1=O. The monoisotopic (exact) mass is 553 g/mol. The first kappa shape index (κ1) is 30.2. The predicted molar refractivity (Wildman–Crippen MR) is 153 cm³/mol. The minimum absolute atomic E-state index is 0.232. The molecule has 0 aliphatic heterocycles. The maximum absolute atomic E-state index is 13.1. The lowest BCUT2D eigenvalue weighted by Crippen LogP contribution is -2.36. The van der Waals surface area contributed by atoms with Gasteiger partial charge in [-0.15, -0.1) is 11.8 Å². The van der Waals surface area contributed by atoms with E-state index >= 15 is 0 Å². The highest BCUT2D eigenvalue weighted by Crippen LogP contribution is 2.34. The smallest absolute Gasteiger partial charge is 0.346 e. The molecule has 0 spiro atoms. The van der Waals surface area contributed by atoms with Gasteiger partial charge in [0, 0.05) is 11.4 Å². The fourth-order valence-electron chi connectivity index (χ4n) is 3.84.